The number of fused-ring (bicyclic) bond motifs is 8. The Balaban J connectivity index is 1.46. The second-order valence-electron chi connectivity index (χ2n) is 8.96. The molecule has 0 unspecified atom stereocenters. The van der Waals surface area contributed by atoms with Gasteiger partial charge in [-0.15, -0.1) is 0 Å². The summed E-state index contributed by atoms with van der Waals surface area (Å²) in [6.07, 6.45) is 9.32. The molecule has 160 valence electrons. The molecule has 34 heavy (non-hydrogen) atoms. The van der Waals surface area contributed by atoms with Gasteiger partial charge in [0.25, 0.3) is 0 Å². The molecule has 0 saturated carbocycles. The van der Waals surface area contributed by atoms with Crippen LogP contribution in [0.15, 0.2) is 108 Å². The first-order valence-electron chi connectivity index (χ1n) is 11.7. The summed E-state index contributed by atoms with van der Waals surface area (Å²) in [6, 6.07) is 30.6. The number of hydrogen-bond acceptors (Lipinski definition) is 2. The molecule has 0 N–H and O–H groups in total. The monoisotopic (exact) mass is 436 g/mol. The third-order valence-electron chi connectivity index (χ3n) is 7.14. The standard InChI is InChI=1S/C31H20N2O/c1-2-10-22-24-19-20(17-18-30(24)34-29(22)16-3-1)32-26-13-6-7-14-27(26)33-25-12-5-4-9-21(25)23-11-8-15-28(32)31(23)33/h1-15,17-19H,16H2. The number of para-hydroxylation sites is 4. The number of hydrogen-bond donors (Lipinski definition) is 0. The molecule has 0 fully saturated rings. The van der Waals surface area contributed by atoms with Crippen molar-refractivity contribution in [3.8, 4) is 5.69 Å². The maximum absolute atomic E-state index is 6.21. The Hall–Kier alpha value is -4.50. The molecule has 0 atom stereocenters. The molecule has 0 bridgehead atoms. The quantitative estimate of drug-likeness (QED) is 0.257. The van der Waals surface area contributed by atoms with Crippen molar-refractivity contribution in [1.82, 2.24) is 4.57 Å². The lowest BCUT2D eigenvalue weighted by atomic mass is 10.1. The molecule has 0 amide bonds. The van der Waals surface area contributed by atoms with Crippen molar-refractivity contribution >= 4 is 55.9 Å². The van der Waals surface area contributed by atoms with Gasteiger partial charge in [0.05, 0.1) is 28.1 Å². The van der Waals surface area contributed by atoms with E-state index in [1.165, 1.54) is 44.4 Å². The Morgan fingerprint density at radius 3 is 2.47 bits per heavy atom. The number of anilines is 3. The van der Waals surface area contributed by atoms with E-state index in [1.54, 1.807) is 0 Å². The van der Waals surface area contributed by atoms with Gasteiger partial charge in [-0.3, -0.25) is 0 Å². The molecule has 3 nitrogen and oxygen atoms in total. The molecule has 3 heterocycles. The van der Waals surface area contributed by atoms with Crippen LogP contribution in [0.2, 0.25) is 0 Å². The number of rotatable bonds is 1. The minimum absolute atomic E-state index is 0.818. The minimum atomic E-state index is 0.818. The number of benzene rings is 4. The third-order valence-corrected chi connectivity index (χ3v) is 7.14. The number of furan rings is 1. The molecule has 8 rings (SSSR count). The van der Waals surface area contributed by atoms with Crippen LogP contribution in [-0.2, 0) is 6.42 Å². The second kappa shape index (κ2) is 6.52. The zero-order chi connectivity index (χ0) is 22.2. The van der Waals surface area contributed by atoms with Crippen LogP contribution in [0.4, 0.5) is 17.1 Å². The molecule has 2 aromatic heterocycles. The first kappa shape index (κ1) is 18.0. The van der Waals surface area contributed by atoms with Crippen molar-refractivity contribution in [3.05, 3.63) is 114 Å². The van der Waals surface area contributed by atoms with Crippen molar-refractivity contribution < 1.29 is 4.42 Å². The van der Waals surface area contributed by atoms with Crippen molar-refractivity contribution in [2.24, 2.45) is 0 Å². The van der Waals surface area contributed by atoms with Crippen LogP contribution in [0.1, 0.15) is 11.3 Å². The van der Waals surface area contributed by atoms with Crippen LogP contribution in [0.5, 0.6) is 0 Å². The maximum Gasteiger partial charge on any atom is 0.135 e. The molecule has 3 heteroatoms. The van der Waals surface area contributed by atoms with Gasteiger partial charge in [-0.25, -0.2) is 0 Å². The molecule has 6 aromatic rings. The number of allylic oxidation sites excluding steroid dienone is 3. The summed E-state index contributed by atoms with van der Waals surface area (Å²) in [5.41, 5.74) is 9.31. The van der Waals surface area contributed by atoms with Crippen molar-refractivity contribution in [1.29, 1.82) is 0 Å². The van der Waals surface area contributed by atoms with E-state index in [0.29, 0.717) is 0 Å². The normalized spacial score (nSPS) is 14.1. The molecule has 1 aliphatic carbocycles. The average Bonchev–Trinajstić information content (AvgIpc) is 3.30. The highest BCUT2D eigenvalue weighted by atomic mass is 16.3. The van der Waals surface area contributed by atoms with Crippen LogP contribution in [0.25, 0.3) is 44.5 Å². The first-order valence-corrected chi connectivity index (χ1v) is 11.7. The lowest BCUT2D eigenvalue weighted by Crippen LogP contribution is -2.17. The van der Waals surface area contributed by atoms with Gasteiger partial charge in [-0.1, -0.05) is 66.8 Å². The van der Waals surface area contributed by atoms with Crippen LogP contribution in [0.3, 0.4) is 0 Å². The lowest BCUT2D eigenvalue weighted by molar-refractivity contribution is 0.564. The van der Waals surface area contributed by atoms with E-state index in [-0.39, 0.29) is 0 Å². The van der Waals surface area contributed by atoms with Gasteiger partial charge in [0.2, 0.25) is 0 Å². The van der Waals surface area contributed by atoms with Gasteiger partial charge in [0, 0.05) is 33.8 Å². The summed E-state index contributed by atoms with van der Waals surface area (Å²) in [5.74, 6) is 1.03. The predicted octanol–water partition coefficient (Wildman–Crippen LogP) is 8.44. The van der Waals surface area contributed by atoms with E-state index in [9.17, 15) is 0 Å². The predicted molar refractivity (Wildman–Crippen MR) is 141 cm³/mol. The fourth-order valence-corrected chi connectivity index (χ4v) is 5.72. The largest absolute Gasteiger partial charge is 0.460 e. The van der Waals surface area contributed by atoms with Crippen LogP contribution >= 0.6 is 0 Å². The highest BCUT2D eigenvalue weighted by Gasteiger charge is 2.28. The van der Waals surface area contributed by atoms with E-state index in [4.69, 9.17) is 4.42 Å². The lowest BCUT2D eigenvalue weighted by Gasteiger charge is -2.33. The van der Waals surface area contributed by atoms with Crippen LogP contribution in [0, 0.1) is 0 Å². The van der Waals surface area contributed by atoms with Gasteiger partial charge in [-0.05, 0) is 42.5 Å². The topological polar surface area (TPSA) is 21.3 Å². The second-order valence-corrected chi connectivity index (χ2v) is 8.96. The highest BCUT2D eigenvalue weighted by molar-refractivity contribution is 6.16. The minimum Gasteiger partial charge on any atom is -0.460 e. The maximum atomic E-state index is 6.21. The fourth-order valence-electron chi connectivity index (χ4n) is 5.72. The number of aromatic nitrogens is 1. The Kier molecular flexibility index (Phi) is 3.45. The average molecular weight is 437 g/mol. The van der Waals surface area contributed by atoms with Crippen molar-refractivity contribution in [2.75, 3.05) is 4.90 Å². The molecule has 2 aliphatic rings. The summed E-state index contributed by atoms with van der Waals surface area (Å²) < 4.78 is 8.63. The number of nitrogens with zero attached hydrogens (tertiary/aromatic N) is 2. The van der Waals surface area contributed by atoms with E-state index < -0.39 is 0 Å². The van der Waals surface area contributed by atoms with E-state index in [2.05, 4.69) is 119 Å². The molecule has 0 radical (unpaired) electrons. The Morgan fingerprint density at radius 1 is 0.676 bits per heavy atom. The molecule has 0 spiro atoms. The third kappa shape index (κ3) is 2.26. The Morgan fingerprint density at radius 2 is 1.50 bits per heavy atom. The summed E-state index contributed by atoms with van der Waals surface area (Å²) in [6.45, 7) is 0. The zero-order valence-electron chi connectivity index (χ0n) is 18.4. The molecule has 4 aromatic carbocycles. The fraction of sp³-hybridized carbons (Fsp3) is 0.0323. The van der Waals surface area contributed by atoms with Crippen molar-refractivity contribution in [2.45, 2.75) is 6.42 Å². The zero-order valence-corrected chi connectivity index (χ0v) is 18.4. The van der Waals surface area contributed by atoms with E-state index in [1.807, 2.05) is 0 Å². The van der Waals surface area contributed by atoms with E-state index >= 15 is 0 Å². The summed E-state index contributed by atoms with van der Waals surface area (Å²) in [5, 5.41) is 3.72. The SMILES string of the molecule is C1=CCc2oc3ccc(N4c5ccccc5-n5c6ccccc6c6cccc4c65)cc3c2C=C1. The highest BCUT2D eigenvalue weighted by Crippen LogP contribution is 2.50. The summed E-state index contributed by atoms with van der Waals surface area (Å²) >= 11 is 0. The van der Waals surface area contributed by atoms with E-state index in [0.717, 1.165) is 28.8 Å². The van der Waals surface area contributed by atoms with Gasteiger partial charge in [0.15, 0.2) is 0 Å². The first-order chi connectivity index (χ1) is 16.9. The smallest absolute Gasteiger partial charge is 0.135 e. The van der Waals surface area contributed by atoms with Crippen LogP contribution < -0.4 is 4.90 Å². The van der Waals surface area contributed by atoms with Gasteiger partial charge < -0.3 is 13.9 Å². The summed E-state index contributed by atoms with van der Waals surface area (Å²) in [4.78, 5) is 2.40. The molecular formula is C31H20N2O. The molecular weight excluding hydrogens is 416 g/mol. The Bertz CT molecular complexity index is 1850. The van der Waals surface area contributed by atoms with Gasteiger partial charge in [-0.2, -0.15) is 0 Å². The summed E-state index contributed by atoms with van der Waals surface area (Å²) in [7, 11) is 0. The molecule has 1 aliphatic heterocycles. The molecule has 0 saturated heterocycles. The van der Waals surface area contributed by atoms with Gasteiger partial charge >= 0.3 is 0 Å². The van der Waals surface area contributed by atoms with Crippen LogP contribution in [-0.4, -0.2) is 4.57 Å². The Labute approximate surface area is 196 Å². The van der Waals surface area contributed by atoms with Gasteiger partial charge in [0.1, 0.15) is 11.3 Å². The van der Waals surface area contributed by atoms with Crippen molar-refractivity contribution in [3.63, 3.8) is 0 Å².